The maximum atomic E-state index is 12.9. The number of likely N-dealkylation sites (tertiary alicyclic amines) is 1. The van der Waals surface area contributed by atoms with Crippen LogP contribution in [-0.4, -0.2) is 57.6 Å². The van der Waals surface area contributed by atoms with Gasteiger partial charge in [-0.05, 0) is 56.7 Å². The first-order valence-corrected chi connectivity index (χ1v) is 12.4. The van der Waals surface area contributed by atoms with Crippen LogP contribution in [0.3, 0.4) is 0 Å². The fourth-order valence-electron chi connectivity index (χ4n) is 5.24. The van der Waals surface area contributed by atoms with Crippen molar-refractivity contribution in [2.24, 2.45) is 13.0 Å². The van der Waals surface area contributed by atoms with Crippen molar-refractivity contribution >= 4 is 28.8 Å². The van der Waals surface area contributed by atoms with Gasteiger partial charge in [-0.15, -0.1) is 0 Å². The molecule has 3 fully saturated rings. The molecule has 0 bridgehead atoms. The predicted octanol–water partition coefficient (Wildman–Crippen LogP) is 1.48. The third-order valence-corrected chi connectivity index (χ3v) is 7.29. The second-order valence-corrected chi connectivity index (χ2v) is 9.61. The molecule has 2 unspecified atom stereocenters. The highest BCUT2D eigenvalue weighted by Crippen LogP contribution is 2.24. The quantitative estimate of drug-likeness (QED) is 0.520. The van der Waals surface area contributed by atoms with Crippen LogP contribution in [0.25, 0.3) is 11.0 Å². The van der Waals surface area contributed by atoms with Gasteiger partial charge >= 0.3 is 5.69 Å². The Morgan fingerprint density at radius 3 is 2.57 bits per heavy atom. The van der Waals surface area contributed by atoms with Gasteiger partial charge in [0.05, 0.1) is 11.0 Å². The third kappa shape index (κ3) is 4.63. The van der Waals surface area contributed by atoms with Gasteiger partial charge in [0, 0.05) is 44.6 Å². The predicted molar refractivity (Wildman–Crippen MR) is 128 cm³/mol. The summed E-state index contributed by atoms with van der Waals surface area (Å²) in [5.74, 6) is 6.15. The summed E-state index contributed by atoms with van der Waals surface area (Å²) < 4.78 is 8.63. The first-order valence-electron chi connectivity index (χ1n) is 12.4. The number of fused-ring (bicyclic) bond motifs is 1. The number of hydrogen-bond donors (Lipinski definition) is 1. The van der Waals surface area contributed by atoms with E-state index in [1.54, 1.807) is 7.05 Å². The maximum Gasteiger partial charge on any atom is 0.329 e. The molecule has 4 heterocycles. The summed E-state index contributed by atoms with van der Waals surface area (Å²) in [4.78, 5) is 51.4. The minimum absolute atomic E-state index is 0.114. The van der Waals surface area contributed by atoms with Crippen molar-refractivity contribution in [2.75, 3.05) is 19.7 Å². The summed E-state index contributed by atoms with van der Waals surface area (Å²) in [6, 6.07) is 4.84. The van der Waals surface area contributed by atoms with E-state index in [0.717, 1.165) is 37.7 Å². The molecule has 0 radical (unpaired) electrons. The molecule has 0 spiro atoms. The number of imidazole rings is 1. The lowest BCUT2D eigenvalue weighted by molar-refractivity contribution is -0.147. The van der Waals surface area contributed by atoms with Crippen LogP contribution < -0.4 is 11.0 Å². The van der Waals surface area contributed by atoms with Crippen molar-refractivity contribution in [3.05, 3.63) is 34.2 Å². The van der Waals surface area contributed by atoms with E-state index >= 15 is 0 Å². The van der Waals surface area contributed by atoms with Gasteiger partial charge in [0.25, 0.3) is 5.91 Å². The van der Waals surface area contributed by atoms with E-state index in [0.29, 0.717) is 37.2 Å². The number of ether oxygens (including phenoxy) is 1. The number of hydrogen-bond acceptors (Lipinski definition) is 5. The molecule has 3 aliphatic heterocycles. The summed E-state index contributed by atoms with van der Waals surface area (Å²) >= 11 is 0. The monoisotopic (exact) mass is 478 g/mol. The molecule has 0 aliphatic carbocycles. The zero-order valence-corrected chi connectivity index (χ0v) is 19.9. The molecule has 2 aromatic rings. The van der Waals surface area contributed by atoms with Crippen LogP contribution in [0.5, 0.6) is 0 Å². The molecule has 0 saturated carbocycles. The Morgan fingerprint density at radius 1 is 1.06 bits per heavy atom. The standard InChI is InChI=1S/C26H30N4O5/c1-28-21-16-18(7-8-19(21)30(26(28)34)20-9-10-23(31)27-24(20)32)6-5-17-11-13-29(14-12-17)25(33)22-4-2-3-15-35-22/h7-8,16-17,20,22H,2-4,9-15H2,1H3,(H,27,31,32). The van der Waals surface area contributed by atoms with E-state index in [1.165, 1.54) is 9.13 Å². The lowest BCUT2D eigenvalue weighted by atomic mass is 9.96. The SMILES string of the molecule is Cn1c(=O)n(C2CCC(=O)NC2=O)c2ccc(C#CC3CCN(C(=O)C4CCCCO4)CC3)cc21. The Hall–Kier alpha value is -3.38. The van der Waals surface area contributed by atoms with Crippen LogP contribution in [0, 0.1) is 17.8 Å². The van der Waals surface area contributed by atoms with Crippen LogP contribution in [-0.2, 0) is 26.2 Å². The van der Waals surface area contributed by atoms with Crippen molar-refractivity contribution in [2.45, 2.75) is 57.1 Å². The van der Waals surface area contributed by atoms with Crippen LogP contribution in [0.2, 0.25) is 0 Å². The molecule has 35 heavy (non-hydrogen) atoms. The van der Waals surface area contributed by atoms with Gasteiger partial charge in [0.2, 0.25) is 11.8 Å². The highest BCUT2D eigenvalue weighted by molar-refractivity contribution is 6.00. The number of piperidine rings is 2. The normalized spacial score (nSPS) is 23.6. The highest BCUT2D eigenvalue weighted by atomic mass is 16.5. The average Bonchev–Trinajstić information content (AvgIpc) is 3.12. The van der Waals surface area contributed by atoms with Gasteiger partial charge in [-0.2, -0.15) is 0 Å². The van der Waals surface area contributed by atoms with Crippen molar-refractivity contribution < 1.29 is 19.1 Å². The number of rotatable bonds is 2. The first-order chi connectivity index (χ1) is 16.9. The van der Waals surface area contributed by atoms with Gasteiger partial charge in [-0.3, -0.25) is 28.8 Å². The van der Waals surface area contributed by atoms with Crippen LogP contribution >= 0.6 is 0 Å². The van der Waals surface area contributed by atoms with Crippen LogP contribution in [0.1, 0.15) is 56.6 Å². The van der Waals surface area contributed by atoms with E-state index in [1.807, 2.05) is 23.1 Å². The first kappa shape index (κ1) is 23.4. The summed E-state index contributed by atoms with van der Waals surface area (Å²) in [6.07, 6.45) is 4.79. The Labute approximate surface area is 203 Å². The minimum Gasteiger partial charge on any atom is -0.368 e. The van der Waals surface area contributed by atoms with Gasteiger partial charge in [0.1, 0.15) is 12.1 Å². The van der Waals surface area contributed by atoms with Crippen LogP contribution in [0.15, 0.2) is 23.0 Å². The number of carbonyl (C=O) groups excluding carboxylic acids is 3. The Bertz CT molecular complexity index is 1280. The van der Waals surface area contributed by atoms with E-state index in [4.69, 9.17) is 4.74 Å². The molecule has 1 aromatic carbocycles. The number of nitrogens with zero attached hydrogens (tertiary/aromatic N) is 3. The average molecular weight is 479 g/mol. The molecule has 9 heteroatoms. The van der Waals surface area contributed by atoms with Crippen molar-refractivity contribution in [3.63, 3.8) is 0 Å². The number of carbonyl (C=O) groups is 3. The minimum atomic E-state index is -0.701. The summed E-state index contributed by atoms with van der Waals surface area (Å²) in [6.45, 7) is 2.06. The number of imide groups is 1. The molecule has 3 saturated heterocycles. The molecule has 1 aromatic heterocycles. The number of nitrogens with one attached hydrogen (secondary N) is 1. The maximum absolute atomic E-state index is 12.9. The third-order valence-electron chi connectivity index (χ3n) is 7.29. The second-order valence-electron chi connectivity index (χ2n) is 9.61. The summed E-state index contributed by atoms with van der Waals surface area (Å²) in [5.41, 5.74) is 1.84. The zero-order chi connectivity index (χ0) is 24.5. The Morgan fingerprint density at radius 2 is 1.86 bits per heavy atom. The van der Waals surface area contributed by atoms with E-state index in [-0.39, 0.29) is 35.9 Å². The van der Waals surface area contributed by atoms with Crippen molar-refractivity contribution in [3.8, 4) is 11.8 Å². The number of aryl methyl sites for hydroxylation is 1. The molecular formula is C26H30N4O5. The number of aromatic nitrogens is 2. The molecule has 184 valence electrons. The number of benzene rings is 1. The van der Waals surface area contributed by atoms with Crippen molar-refractivity contribution in [1.29, 1.82) is 0 Å². The van der Waals surface area contributed by atoms with Gasteiger partial charge in [0.15, 0.2) is 0 Å². The fourth-order valence-corrected chi connectivity index (χ4v) is 5.24. The lowest BCUT2D eigenvalue weighted by Gasteiger charge is -2.33. The molecule has 3 aliphatic rings. The topological polar surface area (TPSA) is 103 Å². The van der Waals surface area contributed by atoms with Gasteiger partial charge in [-0.1, -0.05) is 11.8 Å². The highest BCUT2D eigenvalue weighted by Gasteiger charge is 2.31. The van der Waals surface area contributed by atoms with E-state index in [9.17, 15) is 19.2 Å². The van der Waals surface area contributed by atoms with Crippen LogP contribution in [0.4, 0.5) is 0 Å². The molecule has 5 rings (SSSR count). The largest absolute Gasteiger partial charge is 0.368 e. The van der Waals surface area contributed by atoms with Crippen molar-refractivity contribution in [1.82, 2.24) is 19.4 Å². The second kappa shape index (κ2) is 9.70. The van der Waals surface area contributed by atoms with Gasteiger partial charge in [-0.25, -0.2) is 4.79 Å². The van der Waals surface area contributed by atoms with E-state index < -0.39 is 11.9 Å². The smallest absolute Gasteiger partial charge is 0.329 e. The molecular weight excluding hydrogens is 448 g/mol. The molecule has 3 amide bonds. The fraction of sp³-hybridized carbons (Fsp3) is 0.538. The lowest BCUT2D eigenvalue weighted by Crippen LogP contribution is -2.45. The Balaban J connectivity index is 1.28. The summed E-state index contributed by atoms with van der Waals surface area (Å²) in [7, 11) is 1.67. The molecule has 2 atom stereocenters. The summed E-state index contributed by atoms with van der Waals surface area (Å²) in [5, 5.41) is 2.32. The van der Waals surface area contributed by atoms with Gasteiger partial charge < -0.3 is 9.64 Å². The number of amides is 3. The van der Waals surface area contributed by atoms with E-state index in [2.05, 4.69) is 17.2 Å². The molecule has 9 nitrogen and oxygen atoms in total. The molecule has 1 N–H and O–H groups in total. The zero-order valence-electron chi connectivity index (χ0n) is 19.9. The Kier molecular flexibility index (Phi) is 6.48.